The van der Waals surface area contributed by atoms with Crippen LogP contribution in [0.4, 0.5) is 4.79 Å². The molecule has 0 bridgehead atoms. The first-order valence-electron chi connectivity index (χ1n) is 8.42. The maximum Gasteiger partial charge on any atom is 0.410 e. The monoisotopic (exact) mass is 351 g/mol. The predicted octanol–water partition coefficient (Wildman–Crippen LogP) is 3.47. The molecule has 0 radical (unpaired) electrons. The Bertz CT molecular complexity index is 977. The van der Waals surface area contributed by atoms with Crippen molar-refractivity contribution in [1.82, 2.24) is 9.88 Å². The number of pyridine rings is 1. The second-order valence-corrected chi connectivity index (χ2v) is 7.50. The maximum absolute atomic E-state index is 12.3. The van der Waals surface area contributed by atoms with Crippen molar-refractivity contribution < 1.29 is 9.53 Å². The number of nitrogens with zero attached hydrogens (tertiary/aromatic N) is 2. The van der Waals surface area contributed by atoms with Gasteiger partial charge in [0.15, 0.2) is 0 Å². The molecule has 0 fully saturated rings. The zero-order chi connectivity index (χ0) is 19.1. The van der Waals surface area contributed by atoms with Gasteiger partial charge in [0.1, 0.15) is 17.2 Å². The topological polar surface area (TPSA) is 86.2 Å². The molecule has 6 heteroatoms. The van der Waals surface area contributed by atoms with Gasteiger partial charge in [-0.2, -0.15) is 5.26 Å². The highest BCUT2D eigenvalue weighted by Crippen LogP contribution is 2.30. The van der Waals surface area contributed by atoms with E-state index in [1.807, 2.05) is 45.0 Å². The number of aromatic nitrogens is 1. The van der Waals surface area contributed by atoms with Gasteiger partial charge in [0.2, 0.25) is 0 Å². The van der Waals surface area contributed by atoms with E-state index in [0.29, 0.717) is 24.3 Å². The zero-order valence-corrected chi connectivity index (χ0v) is 15.3. The fourth-order valence-electron chi connectivity index (χ4n) is 3.04. The van der Waals surface area contributed by atoms with Crippen LogP contribution in [0.25, 0.3) is 11.1 Å². The summed E-state index contributed by atoms with van der Waals surface area (Å²) in [5.74, 6) is 0. The minimum atomic E-state index is -0.540. The lowest BCUT2D eigenvalue weighted by Gasteiger charge is -2.24. The molecule has 2 aromatic rings. The lowest BCUT2D eigenvalue weighted by Crippen LogP contribution is -2.33. The smallest absolute Gasteiger partial charge is 0.410 e. The molecular formula is C20H21N3O3. The molecule has 1 N–H and O–H groups in total. The maximum atomic E-state index is 12.3. The summed E-state index contributed by atoms with van der Waals surface area (Å²) >= 11 is 0. The number of nitrogens with one attached hydrogen (secondary N) is 1. The summed E-state index contributed by atoms with van der Waals surface area (Å²) < 4.78 is 5.43. The molecule has 6 nitrogen and oxygen atoms in total. The average Bonchev–Trinajstić information content (AvgIpc) is 2.95. The van der Waals surface area contributed by atoms with Crippen LogP contribution in [0.15, 0.2) is 29.1 Å². The molecule has 1 aromatic heterocycles. The van der Waals surface area contributed by atoms with Crippen LogP contribution in [0.2, 0.25) is 0 Å². The number of aromatic amines is 1. The van der Waals surface area contributed by atoms with Crippen molar-refractivity contribution in [3.8, 4) is 17.2 Å². The van der Waals surface area contributed by atoms with Gasteiger partial charge in [0.05, 0.1) is 0 Å². The van der Waals surface area contributed by atoms with Crippen molar-refractivity contribution in [2.75, 3.05) is 0 Å². The minimum absolute atomic E-state index is 0.0949. The van der Waals surface area contributed by atoms with Crippen LogP contribution < -0.4 is 5.56 Å². The highest BCUT2D eigenvalue weighted by molar-refractivity contribution is 5.73. The zero-order valence-electron chi connectivity index (χ0n) is 15.3. The summed E-state index contributed by atoms with van der Waals surface area (Å²) in [6.07, 6.45) is -0.347. The van der Waals surface area contributed by atoms with E-state index < -0.39 is 11.2 Å². The van der Waals surface area contributed by atoms with Crippen LogP contribution in [0, 0.1) is 18.3 Å². The highest BCUT2D eigenvalue weighted by atomic mass is 16.6. The van der Waals surface area contributed by atoms with Gasteiger partial charge in [-0.05, 0) is 56.5 Å². The molecule has 0 atom stereocenters. The summed E-state index contributed by atoms with van der Waals surface area (Å²) in [6, 6.07) is 9.53. The molecule has 0 aliphatic carbocycles. The molecule has 2 heterocycles. The molecule has 0 spiro atoms. The van der Waals surface area contributed by atoms with Gasteiger partial charge in [-0.25, -0.2) is 4.79 Å². The number of ether oxygens (including phenoxy) is 1. The molecule has 3 rings (SSSR count). The lowest BCUT2D eigenvalue weighted by atomic mass is 9.97. The Labute approximate surface area is 152 Å². The Morgan fingerprint density at radius 2 is 1.92 bits per heavy atom. The van der Waals surface area contributed by atoms with E-state index in [1.54, 1.807) is 17.9 Å². The second-order valence-electron chi connectivity index (χ2n) is 7.50. The van der Waals surface area contributed by atoms with E-state index in [1.165, 1.54) is 0 Å². The normalized spacial score (nSPS) is 13.3. The molecule has 1 amide bonds. The lowest BCUT2D eigenvalue weighted by molar-refractivity contribution is 0.0242. The van der Waals surface area contributed by atoms with E-state index in [0.717, 1.165) is 16.7 Å². The van der Waals surface area contributed by atoms with Gasteiger partial charge in [-0.15, -0.1) is 0 Å². The van der Waals surface area contributed by atoms with Crippen molar-refractivity contribution >= 4 is 6.09 Å². The van der Waals surface area contributed by atoms with E-state index >= 15 is 0 Å². The molecule has 1 aliphatic heterocycles. The number of aryl methyl sites for hydroxylation is 1. The van der Waals surface area contributed by atoms with Gasteiger partial charge in [-0.1, -0.05) is 12.1 Å². The number of benzene rings is 1. The SMILES string of the molecule is Cc1cc(-c2ccc3c(c2)CN(C(=O)OC(C)(C)C)C3)c(C#N)c(=O)[nH]1. The summed E-state index contributed by atoms with van der Waals surface area (Å²) in [5, 5.41) is 9.33. The summed E-state index contributed by atoms with van der Waals surface area (Å²) in [6.45, 7) is 8.23. The quantitative estimate of drug-likeness (QED) is 0.852. The first kappa shape index (κ1) is 17.7. The predicted molar refractivity (Wildman–Crippen MR) is 97.4 cm³/mol. The minimum Gasteiger partial charge on any atom is -0.444 e. The fraction of sp³-hybridized carbons (Fsp3) is 0.350. The van der Waals surface area contributed by atoms with Gasteiger partial charge in [0.25, 0.3) is 5.56 Å². The Hall–Kier alpha value is -3.07. The Morgan fingerprint density at radius 1 is 1.23 bits per heavy atom. The van der Waals surface area contributed by atoms with E-state index in [2.05, 4.69) is 4.98 Å². The van der Waals surface area contributed by atoms with Crippen LogP contribution in [0.3, 0.4) is 0 Å². The Balaban J connectivity index is 1.92. The Morgan fingerprint density at radius 3 is 2.58 bits per heavy atom. The van der Waals surface area contributed by atoms with Crippen molar-refractivity contribution in [3.05, 3.63) is 57.0 Å². The molecule has 26 heavy (non-hydrogen) atoms. The molecule has 1 aromatic carbocycles. The number of nitriles is 1. The summed E-state index contributed by atoms with van der Waals surface area (Å²) in [4.78, 5) is 28.6. The summed E-state index contributed by atoms with van der Waals surface area (Å²) in [5.41, 5.74) is 3.29. The molecule has 1 aliphatic rings. The number of rotatable bonds is 1. The van der Waals surface area contributed by atoms with Crippen LogP contribution in [0.5, 0.6) is 0 Å². The first-order chi connectivity index (χ1) is 12.2. The molecule has 0 saturated carbocycles. The number of carbonyl (C=O) groups is 1. The Kier molecular flexibility index (Phi) is 4.33. The van der Waals surface area contributed by atoms with Crippen LogP contribution in [0.1, 0.15) is 43.2 Å². The van der Waals surface area contributed by atoms with Gasteiger partial charge >= 0.3 is 6.09 Å². The molecule has 0 saturated heterocycles. The molecule has 134 valence electrons. The first-order valence-corrected chi connectivity index (χ1v) is 8.42. The third-order valence-corrected chi connectivity index (χ3v) is 4.17. The number of amides is 1. The van der Waals surface area contributed by atoms with Gasteiger partial charge < -0.3 is 9.72 Å². The van der Waals surface area contributed by atoms with E-state index in [4.69, 9.17) is 4.74 Å². The highest BCUT2D eigenvalue weighted by Gasteiger charge is 2.28. The molecule has 0 unspecified atom stereocenters. The van der Waals surface area contributed by atoms with Gasteiger partial charge in [-0.3, -0.25) is 9.69 Å². The van der Waals surface area contributed by atoms with Crippen molar-refractivity contribution in [1.29, 1.82) is 5.26 Å². The number of fused-ring (bicyclic) bond motifs is 1. The van der Waals surface area contributed by atoms with Crippen molar-refractivity contribution in [3.63, 3.8) is 0 Å². The largest absolute Gasteiger partial charge is 0.444 e. The van der Waals surface area contributed by atoms with Crippen LogP contribution in [-0.4, -0.2) is 21.6 Å². The fourth-order valence-corrected chi connectivity index (χ4v) is 3.04. The van der Waals surface area contributed by atoms with Crippen molar-refractivity contribution in [2.24, 2.45) is 0 Å². The number of hydrogen-bond acceptors (Lipinski definition) is 4. The van der Waals surface area contributed by atoms with Gasteiger partial charge in [0, 0.05) is 24.3 Å². The average molecular weight is 351 g/mol. The van der Waals surface area contributed by atoms with Crippen LogP contribution in [-0.2, 0) is 17.8 Å². The third-order valence-electron chi connectivity index (χ3n) is 4.17. The third kappa shape index (κ3) is 3.47. The number of carbonyl (C=O) groups excluding carboxylic acids is 1. The van der Waals surface area contributed by atoms with Crippen molar-refractivity contribution in [2.45, 2.75) is 46.4 Å². The van der Waals surface area contributed by atoms with Crippen LogP contribution >= 0.6 is 0 Å². The number of hydrogen-bond donors (Lipinski definition) is 1. The summed E-state index contributed by atoms with van der Waals surface area (Å²) in [7, 11) is 0. The standard InChI is InChI=1S/C20H21N3O3/c1-12-7-16(17(9-21)18(24)22-12)13-5-6-14-10-23(11-15(14)8-13)19(25)26-20(2,3)4/h5-8H,10-11H2,1-4H3,(H,22,24). The molecular weight excluding hydrogens is 330 g/mol. The van der Waals surface area contributed by atoms with E-state index in [9.17, 15) is 14.9 Å². The van der Waals surface area contributed by atoms with E-state index in [-0.39, 0.29) is 11.7 Å². The number of H-pyrrole nitrogens is 1. The second kappa shape index (κ2) is 6.34.